The minimum Gasteiger partial charge on any atom is -0.377 e. The molecular formula is C22H35N5O. The molecule has 0 unspecified atom stereocenters. The molecule has 28 heavy (non-hydrogen) atoms. The lowest BCUT2D eigenvalue weighted by Crippen LogP contribution is -2.38. The molecule has 0 aliphatic heterocycles. The van der Waals surface area contributed by atoms with Gasteiger partial charge in [0.1, 0.15) is 0 Å². The van der Waals surface area contributed by atoms with Gasteiger partial charge in [-0.3, -0.25) is 9.67 Å². The molecule has 2 rings (SSSR count). The summed E-state index contributed by atoms with van der Waals surface area (Å²) in [5, 5.41) is 11.2. The van der Waals surface area contributed by atoms with Gasteiger partial charge in [0.25, 0.3) is 0 Å². The van der Waals surface area contributed by atoms with Gasteiger partial charge in [0.2, 0.25) is 0 Å². The van der Waals surface area contributed by atoms with E-state index in [0.717, 1.165) is 63.7 Å². The third-order valence-electron chi connectivity index (χ3n) is 4.36. The van der Waals surface area contributed by atoms with Crippen molar-refractivity contribution in [3.05, 3.63) is 53.3 Å². The van der Waals surface area contributed by atoms with E-state index >= 15 is 0 Å². The monoisotopic (exact) mass is 385 g/mol. The smallest absolute Gasteiger partial charge is 0.191 e. The normalized spacial score (nSPS) is 11.6. The van der Waals surface area contributed by atoms with Crippen LogP contribution in [0.25, 0.3) is 0 Å². The molecule has 6 heteroatoms. The Balaban J connectivity index is 1.57. The summed E-state index contributed by atoms with van der Waals surface area (Å²) in [4.78, 5) is 4.66. The third-order valence-corrected chi connectivity index (χ3v) is 4.36. The first-order valence-corrected chi connectivity index (χ1v) is 10.3. The Morgan fingerprint density at radius 3 is 2.64 bits per heavy atom. The summed E-state index contributed by atoms with van der Waals surface area (Å²) in [5.74, 6) is 0.890. The van der Waals surface area contributed by atoms with Gasteiger partial charge in [-0.15, -0.1) is 0 Å². The van der Waals surface area contributed by atoms with Crippen molar-refractivity contribution < 1.29 is 4.74 Å². The molecule has 6 nitrogen and oxygen atoms in total. The number of rotatable bonds is 12. The maximum Gasteiger partial charge on any atom is 0.191 e. The highest BCUT2D eigenvalue weighted by Crippen LogP contribution is 2.03. The van der Waals surface area contributed by atoms with Gasteiger partial charge in [0.05, 0.1) is 12.3 Å². The summed E-state index contributed by atoms with van der Waals surface area (Å²) in [6.45, 7) is 11.1. The summed E-state index contributed by atoms with van der Waals surface area (Å²) in [5.41, 5.74) is 3.51. The summed E-state index contributed by atoms with van der Waals surface area (Å²) in [6, 6.07) is 12.4. The fraction of sp³-hybridized carbons (Fsp3) is 0.545. The number of aryl methyl sites for hydroxylation is 3. The second-order valence-corrected chi connectivity index (χ2v) is 6.94. The molecule has 0 aliphatic rings. The fourth-order valence-corrected chi connectivity index (χ4v) is 2.95. The molecule has 1 aromatic heterocycles. The summed E-state index contributed by atoms with van der Waals surface area (Å²) in [6.07, 6.45) is 3.08. The molecule has 0 bridgehead atoms. The average Bonchev–Trinajstić information content (AvgIpc) is 3.02. The summed E-state index contributed by atoms with van der Waals surface area (Å²) in [7, 11) is 0. The minimum absolute atomic E-state index is 0.688. The van der Waals surface area contributed by atoms with Gasteiger partial charge in [-0.05, 0) is 51.7 Å². The highest BCUT2D eigenvalue weighted by atomic mass is 16.5. The number of nitrogens with zero attached hydrogens (tertiary/aromatic N) is 3. The van der Waals surface area contributed by atoms with Gasteiger partial charge < -0.3 is 15.4 Å². The Labute approximate surface area is 169 Å². The lowest BCUT2D eigenvalue weighted by Gasteiger charge is -2.11. The largest absolute Gasteiger partial charge is 0.377 e. The van der Waals surface area contributed by atoms with E-state index in [4.69, 9.17) is 4.74 Å². The van der Waals surface area contributed by atoms with Crippen molar-refractivity contribution in [2.24, 2.45) is 4.99 Å². The first kappa shape index (κ1) is 22.0. The molecule has 1 heterocycles. The molecule has 2 aromatic rings. The standard InChI is InChI=1S/C22H35N5O/c1-4-23-22(25-14-10-15-27-20(3)17-19(2)26-27)24-13-8-9-16-28-18-21-11-6-5-7-12-21/h5-7,11-12,17H,4,8-10,13-16,18H2,1-3H3,(H2,23,24,25). The average molecular weight is 386 g/mol. The Kier molecular flexibility index (Phi) is 10.1. The van der Waals surface area contributed by atoms with Crippen LogP contribution < -0.4 is 10.6 Å². The molecule has 0 aliphatic carbocycles. The minimum atomic E-state index is 0.688. The lowest BCUT2D eigenvalue weighted by atomic mass is 10.2. The van der Waals surface area contributed by atoms with E-state index in [9.17, 15) is 0 Å². The number of ether oxygens (including phenoxy) is 1. The quantitative estimate of drug-likeness (QED) is 0.334. The van der Waals surface area contributed by atoms with Gasteiger partial charge in [0.15, 0.2) is 5.96 Å². The van der Waals surface area contributed by atoms with E-state index in [2.05, 4.69) is 57.5 Å². The summed E-state index contributed by atoms with van der Waals surface area (Å²) < 4.78 is 7.78. The van der Waals surface area contributed by atoms with E-state index in [1.165, 1.54) is 11.3 Å². The number of benzene rings is 1. The van der Waals surface area contributed by atoms with Crippen molar-refractivity contribution in [3.8, 4) is 0 Å². The number of aliphatic imine (C=N–C) groups is 1. The molecule has 0 fully saturated rings. The van der Waals surface area contributed by atoms with Crippen LogP contribution in [-0.4, -0.2) is 42.0 Å². The van der Waals surface area contributed by atoms with E-state index in [0.29, 0.717) is 6.61 Å². The van der Waals surface area contributed by atoms with Crippen molar-refractivity contribution in [2.45, 2.75) is 53.2 Å². The van der Waals surface area contributed by atoms with Crippen LogP contribution in [0, 0.1) is 13.8 Å². The van der Waals surface area contributed by atoms with Crippen molar-refractivity contribution in [2.75, 3.05) is 26.2 Å². The maximum atomic E-state index is 5.73. The third kappa shape index (κ3) is 8.57. The Morgan fingerprint density at radius 2 is 1.93 bits per heavy atom. The first-order valence-electron chi connectivity index (χ1n) is 10.3. The van der Waals surface area contributed by atoms with E-state index in [1.54, 1.807) is 0 Å². The molecule has 154 valence electrons. The van der Waals surface area contributed by atoms with E-state index < -0.39 is 0 Å². The molecule has 0 saturated carbocycles. The van der Waals surface area contributed by atoms with Crippen LogP contribution in [0.1, 0.15) is 43.1 Å². The number of hydrogen-bond acceptors (Lipinski definition) is 3. The van der Waals surface area contributed by atoms with Crippen LogP contribution in [0.3, 0.4) is 0 Å². The molecule has 0 spiro atoms. The van der Waals surface area contributed by atoms with E-state index in [-0.39, 0.29) is 0 Å². The van der Waals surface area contributed by atoms with Gasteiger partial charge in [-0.1, -0.05) is 30.3 Å². The van der Waals surface area contributed by atoms with Crippen LogP contribution in [0.2, 0.25) is 0 Å². The molecule has 1 aromatic carbocycles. The van der Waals surface area contributed by atoms with Crippen LogP contribution in [0.4, 0.5) is 0 Å². The second kappa shape index (κ2) is 12.9. The number of aromatic nitrogens is 2. The summed E-state index contributed by atoms with van der Waals surface area (Å²) >= 11 is 0. The Bertz CT molecular complexity index is 696. The number of nitrogens with one attached hydrogen (secondary N) is 2. The number of unbranched alkanes of at least 4 members (excludes halogenated alkanes) is 1. The van der Waals surface area contributed by atoms with Gasteiger partial charge in [-0.2, -0.15) is 5.10 Å². The van der Waals surface area contributed by atoms with Crippen molar-refractivity contribution in [1.29, 1.82) is 0 Å². The molecular weight excluding hydrogens is 350 g/mol. The highest BCUT2D eigenvalue weighted by Gasteiger charge is 2.01. The number of guanidine groups is 1. The predicted octanol–water partition coefficient (Wildman–Crippen LogP) is 3.44. The predicted molar refractivity (Wildman–Crippen MR) is 116 cm³/mol. The van der Waals surface area contributed by atoms with Gasteiger partial charge in [0, 0.05) is 38.5 Å². The molecule has 2 N–H and O–H groups in total. The van der Waals surface area contributed by atoms with Gasteiger partial charge in [-0.25, -0.2) is 0 Å². The van der Waals surface area contributed by atoms with Crippen molar-refractivity contribution in [1.82, 2.24) is 20.4 Å². The zero-order chi connectivity index (χ0) is 20.0. The van der Waals surface area contributed by atoms with Crippen LogP contribution >= 0.6 is 0 Å². The topological polar surface area (TPSA) is 63.5 Å². The maximum absolute atomic E-state index is 5.73. The zero-order valence-electron chi connectivity index (χ0n) is 17.6. The SMILES string of the molecule is CCNC(=NCCCn1nc(C)cc1C)NCCCCOCc1ccccc1. The fourth-order valence-electron chi connectivity index (χ4n) is 2.95. The Morgan fingerprint density at radius 1 is 1.11 bits per heavy atom. The molecule has 0 atom stereocenters. The highest BCUT2D eigenvalue weighted by molar-refractivity contribution is 5.79. The lowest BCUT2D eigenvalue weighted by molar-refractivity contribution is 0.117. The molecule has 0 amide bonds. The Hall–Kier alpha value is -2.34. The van der Waals surface area contributed by atoms with Crippen LogP contribution in [-0.2, 0) is 17.9 Å². The van der Waals surface area contributed by atoms with Crippen molar-refractivity contribution in [3.63, 3.8) is 0 Å². The second-order valence-electron chi connectivity index (χ2n) is 6.94. The molecule has 0 saturated heterocycles. The van der Waals surface area contributed by atoms with Crippen LogP contribution in [0.5, 0.6) is 0 Å². The molecule has 0 radical (unpaired) electrons. The van der Waals surface area contributed by atoms with Gasteiger partial charge >= 0.3 is 0 Å². The van der Waals surface area contributed by atoms with Crippen molar-refractivity contribution >= 4 is 5.96 Å². The zero-order valence-corrected chi connectivity index (χ0v) is 17.6. The number of hydrogen-bond donors (Lipinski definition) is 2. The van der Waals surface area contributed by atoms with E-state index in [1.807, 2.05) is 25.1 Å². The van der Waals surface area contributed by atoms with Crippen LogP contribution in [0.15, 0.2) is 41.4 Å². The first-order chi connectivity index (χ1) is 13.7.